The van der Waals surface area contributed by atoms with Gasteiger partial charge in [-0.1, -0.05) is 70.4 Å². The zero-order valence-electron chi connectivity index (χ0n) is 17.3. The Bertz CT molecular complexity index is 873. The number of para-hydroxylation sites is 1. The molecular weight excluding hydrogens is 368 g/mol. The van der Waals surface area contributed by atoms with Gasteiger partial charge in [0, 0.05) is 11.8 Å². The Morgan fingerprint density at radius 1 is 0.966 bits per heavy atom. The number of ketones is 1. The Morgan fingerprint density at radius 2 is 1.59 bits per heavy atom. The third-order valence-electron chi connectivity index (χ3n) is 5.13. The molecule has 0 spiro atoms. The van der Waals surface area contributed by atoms with Gasteiger partial charge in [0.25, 0.3) is 11.5 Å². The summed E-state index contributed by atoms with van der Waals surface area (Å²) < 4.78 is 0. The molecule has 1 aromatic carbocycles. The van der Waals surface area contributed by atoms with Crippen molar-refractivity contribution in [2.75, 3.05) is 6.54 Å². The number of nitrogens with one attached hydrogen (secondary N) is 2. The number of hydrogen-bond donors (Lipinski definition) is 3. The van der Waals surface area contributed by atoms with Crippen LogP contribution in [-0.4, -0.2) is 28.3 Å². The number of carbonyl (C=O) groups is 2. The van der Waals surface area contributed by atoms with Crippen molar-refractivity contribution < 1.29 is 14.7 Å². The molecule has 0 fully saturated rings. The van der Waals surface area contributed by atoms with Crippen molar-refractivity contribution in [1.29, 1.82) is 0 Å². The first-order valence-corrected chi connectivity index (χ1v) is 10.7. The molecule has 0 unspecified atom stereocenters. The number of unbranched alkanes of at least 4 members (excludes halogenated alkanes) is 8. The fourth-order valence-corrected chi connectivity index (χ4v) is 3.42. The maximum Gasteiger partial charge on any atom is 0.265 e. The smallest absolute Gasteiger partial charge is 0.265 e. The van der Waals surface area contributed by atoms with Gasteiger partial charge in [0.05, 0.1) is 12.1 Å². The van der Waals surface area contributed by atoms with E-state index < -0.39 is 11.5 Å². The number of carbonyl (C=O) groups excluding carboxylic acids is 2. The van der Waals surface area contributed by atoms with E-state index in [-0.39, 0.29) is 23.6 Å². The Labute approximate surface area is 171 Å². The van der Waals surface area contributed by atoms with Gasteiger partial charge in [0.2, 0.25) is 0 Å². The number of aromatic nitrogens is 1. The molecule has 0 aliphatic heterocycles. The minimum absolute atomic E-state index is 0.0713. The van der Waals surface area contributed by atoms with Crippen LogP contribution in [0, 0.1) is 0 Å². The van der Waals surface area contributed by atoms with Crippen molar-refractivity contribution in [3.05, 3.63) is 40.2 Å². The van der Waals surface area contributed by atoms with E-state index in [4.69, 9.17) is 0 Å². The lowest BCUT2D eigenvalue weighted by Gasteiger charge is -2.08. The lowest BCUT2D eigenvalue weighted by molar-refractivity contribution is -0.118. The van der Waals surface area contributed by atoms with Crippen LogP contribution in [-0.2, 0) is 4.79 Å². The number of rotatable bonds is 13. The molecule has 29 heavy (non-hydrogen) atoms. The molecule has 6 heteroatoms. The second-order valence-electron chi connectivity index (χ2n) is 7.52. The quantitative estimate of drug-likeness (QED) is 0.432. The Morgan fingerprint density at radius 3 is 2.28 bits per heavy atom. The van der Waals surface area contributed by atoms with E-state index in [0.717, 1.165) is 19.3 Å². The van der Waals surface area contributed by atoms with Gasteiger partial charge >= 0.3 is 0 Å². The topological polar surface area (TPSA) is 99.3 Å². The lowest BCUT2D eigenvalue weighted by Crippen LogP contribution is -2.33. The lowest BCUT2D eigenvalue weighted by atomic mass is 10.1. The molecule has 2 aromatic rings. The van der Waals surface area contributed by atoms with Crippen LogP contribution in [0.5, 0.6) is 5.75 Å². The van der Waals surface area contributed by atoms with Gasteiger partial charge in [-0.05, 0) is 18.6 Å². The zero-order valence-corrected chi connectivity index (χ0v) is 17.3. The molecule has 0 saturated carbocycles. The molecule has 158 valence electrons. The molecule has 0 atom stereocenters. The molecule has 0 aliphatic carbocycles. The molecule has 1 heterocycles. The van der Waals surface area contributed by atoms with E-state index in [1.165, 1.54) is 38.5 Å². The first kappa shape index (κ1) is 22.7. The molecule has 0 radical (unpaired) electrons. The Kier molecular flexibility index (Phi) is 9.41. The molecule has 1 aromatic heterocycles. The number of hydrogen-bond acceptors (Lipinski definition) is 4. The summed E-state index contributed by atoms with van der Waals surface area (Å²) in [5.41, 5.74) is -0.586. The molecule has 0 bridgehead atoms. The summed E-state index contributed by atoms with van der Waals surface area (Å²) in [4.78, 5) is 39.0. The number of Topliss-reactive ketones (excluding diaryl/α,β-unsaturated/α-hetero) is 1. The molecular formula is C23H32N2O4. The van der Waals surface area contributed by atoms with Crippen molar-refractivity contribution >= 4 is 22.6 Å². The maximum atomic E-state index is 12.3. The van der Waals surface area contributed by atoms with Crippen LogP contribution in [0.25, 0.3) is 10.9 Å². The van der Waals surface area contributed by atoms with E-state index in [1.807, 2.05) is 0 Å². The Hall–Kier alpha value is -2.63. The summed E-state index contributed by atoms with van der Waals surface area (Å²) in [5.74, 6) is -1.18. The minimum Gasteiger partial charge on any atom is -0.506 e. The van der Waals surface area contributed by atoms with Crippen molar-refractivity contribution in [2.24, 2.45) is 0 Å². The van der Waals surface area contributed by atoms with Gasteiger partial charge in [-0.15, -0.1) is 0 Å². The summed E-state index contributed by atoms with van der Waals surface area (Å²) in [6.45, 7) is 2.07. The largest absolute Gasteiger partial charge is 0.506 e. The monoisotopic (exact) mass is 400 g/mol. The molecule has 6 nitrogen and oxygen atoms in total. The SMILES string of the molecule is CCCCCCCCCCCC(=O)CNC(=O)c1c(O)c2ccccc2[nH]c1=O. The van der Waals surface area contributed by atoms with Crippen molar-refractivity contribution in [1.82, 2.24) is 10.3 Å². The van der Waals surface area contributed by atoms with Crippen LogP contribution in [0.4, 0.5) is 0 Å². The minimum atomic E-state index is -0.741. The van der Waals surface area contributed by atoms with Gasteiger partial charge in [0.15, 0.2) is 5.78 Å². The fourth-order valence-electron chi connectivity index (χ4n) is 3.42. The predicted octanol–water partition coefficient (Wildman–Crippen LogP) is 4.45. The number of aromatic hydroxyl groups is 1. The average Bonchev–Trinajstić information content (AvgIpc) is 2.71. The fraction of sp³-hybridized carbons (Fsp3) is 0.522. The zero-order chi connectivity index (χ0) is 21.1. The summed E-state index contributed by atoms with van der Waals surface area (Å²) in [7, 11) is 0. The first-order chi connectivity index (χ1) is 14.0. The van der Waals surface area contributed by atoms with Crippen LogP contribution in [0.1, 0.15) is 81.5 Å². The van der Waals surface area contributed by atoms with Gasteiger partial charge < -0.3 is 15.4 Å². The normalized spacial score (nSPS) is 10.9. The van der Waals surface area contributed by atoms with E-state index >= 15 is 0 Å². The predicted molar refractivity (Wildman–Crippen MR) is 115 cm³/mol. The highest BCUT2D eigenvalue weighted by Gasteiger charge is 2.19. The van der Waals surface area contributed by atoms with Crippen LogP contribution < -0.4 is 10.9 Å². The Balaban J connectivity index is 1.72. The van der Waals surface area contributed by atoms with Crippen molar-refractivity contribution in [2.45, 2.75) is 71.1 Å². The average molecular weight is 401 g/mol. The van der Waals surface area contributed by atoms with Crippen LogP contribution in [0.2, 0.25) is 0 Å². The summed E-state index contributed by atoms with van der Waals surface area (Å²) in [6.07, 6.45) is 11.0. The van der Waals surface area contributed by atoms with E-state index in [1.54, 1.807) is 24.3 Å². The summed E-state index contributed by atoms with van der Waals surface area (Å²) >= 11 is 0. The second kappa shape index (κ2) is 12.0. The van der Waals surface area contributed by atoms with Gasteiger partial charge in [0.1, 0.15) is 11.3 Å². The van der Waals surface area contributed by atoms with E-state index in [0.29, 0.717) is 17.3 Å². The molecule has 0 aliphatic rings. The van der Waals surface area contributed by atoms with Crippen LogP contribution in [0.15, 0.2) is 29.1 Å². The second-order valence-corrected chi connectivity index (χ2v) is 7.52. The highest BCUT2D eigenvalue weighted by atomic mass is 16.3. The number of aromatic amines is 1. The van der Waals surface area contributed by atoms with Gasteiger partial charge in [-0.3, -0.25) is 14.4 Å². The summed E-state index contributed by atoms with van der Waals surface area (Å²) in [5, 5.41) is 13.1. The van der Waals surface area contributed by atoms with E-state index in [9.17, 15) is 19.5 Å². The highest BCUT2D eigenvalue weighted by Crippen LogP contribution is 2.24. The number of benzene rings is 1. The number of amides is 1. The van der Waals surface area contributed by atoms with Crippen LogP contribution in [0.3, 0.4) is 0 Å². The highest BCUT2D eigenvalue weighted by molar-refractivity contribution is 6.03. The van der Waals surface area contributed by atoms with Crippen molar-refractivity contribution in [3.8, 4) is 5.75 Å². The number of pyridine rings is 1. The van der Waals surface area contributed by atoms with Crippen LogP contribution >= 0.6 is 0 Å². The third kappa shape index (κ3) is 7.04. The van der Waals surface area contributed by atoms with Crippen molar-refractivity contribution in [3.63, 3.8) is 0 Å². The molecule has 2 rings (SSSR count). The molecule has 3 N–H and O–H groups in total. The van der Waals surface area contributed by atoms with Gasteiger partial charge in [-0.2, -0.15) is 0 Å². The number of H-pyrrole nitrogens is 1. The van der Waals surface area contributed by atoms with E-state index in [2.05, 4.69) is 17.2 Å². The molecule has 0 saturated heterocycles. The number of fused-ring (bicyclic) bond motifs is 1. The standard InChI is InChI=1S/C23H32N2O4/c1-2-3-4-5-6-7-8-9-10-13-17(26)16-24-22(28)20-21(27)18-14-11-12-15-19(18)25-23(20)29/h11-12,14-15H,2-10,13,16H2,1H3,(H,24,28)(H2,25,27,29). The third-order valence-corrected chi connectivity index (χ3v) is 5.13. The van der Waals surface area contributed by atoms with Gasteiger partial charge in [-0.25, -0.2) is 0 Å². The maximum absolute atomic E-state index is 12.3. The summed E-state index contributed by atoms with van der Waals surface area (Å²) in [6, 6.07) is 6.69. The molecule has 1 amide bonds. The first-order valence-electron chi connectivity index (χ1n) is 10.7.